The highest BCUT2D eigenvalue weighted by Gasteiger charge is 2.17. The number of hydrogen-bond donors (Lipinski definition) is 0. The summed E-state index contributed by atoms with van der Waals surface area (Å²) in [6.45, 7) is 3.08. The van der Waals surface area contributed by atoms with E-state index in [9.17, 15) is 0 Å². The average molecular weight is 175 g/mol. The molecule has 1 aliphatic rings. The minimum absolute atomic E-state index is 0.326. The number of rotatable bonds is 3. The van der Waals surface area contributed by atoms with E-state index in [1.165, 1.54) is 6.42 Å². The molecule has 11 heavy (non-hydrogen) atoms. The van der Waals surface area contributed by atoms with Gasteiger partial charge in [-0.15, -0.1) is 0 Å². The fourth-order valence-corrected chi connectivity index (χ4v) is 1.52. The summed E-state index contributed by atoms with van der Waals surface area (Å²) in [7, 11) is 0. The minimum atomic E-state index is 0.326. The number of ether oxygens (including phenoxy) is 1. The third kappa shape index (κ3) is 2.84. The molecular weight excluding hydrogens is 160 g/mol. The molecule has 0 fully saturated rings. The summed E-state index contributed by atoms with van der Waals surface area (Å²) in [5.41, 5.74) is 0. The first-order valence-corrected chi connectivity index (χ1v) is 4.66. The predicted molar refractivity (Wildman–Crippen MR) is 47.7 cm³/mol. The molecule has 0 N–H and O–H groups in total. The molecule has 0 aromatic rings. The van der Waals surface area contributed by atoms with Crippen molar-refractivity contribution in [3.05, 3.63) is 12.2 Å². The number of halogens is 1. The van der Waals surface area contributed by atoms with Crippen LogP contribution in [-0.2, 0) is 4.74 Å². The van der Waals surface area contributed by atoms with Crippen LogP contribution in [0.2, 0.25) is 0 Å². The Kier molecular flexibility index (Phi) is 3.95. The highest BCUT2D eigenvalue weighted by molar-refractivity contribution is 6.17. The van der Waals surface area contributed by atoms with E-state index in [-0.39, 0.29) is 0 Å². The van der Waals surface area contributed by atoms with E-state index in [2.05, 4.69) is 19.1 Å². The minimum Gasteiger partial charge on any atom is -0.365 e. The Hall–Kier alpha value is -0.0100. The molecule has 0 aromatic carbocycles. The van der Waals surface area contributed by atoms with Crippen LogP contribution in [0.3, 0.4) is 0 Å². The smallest absolute Gasteiger partial charge is 0.120 e. The maximum atomic E-state index is 5.43. The maximum absolute atomic E-state index is 5.43. The molecule has 0 radical (unpaired) electrons. The topological polar surface area (TPSA) is 9.23 Å². The van der Waals surface area contributed by atoms with Crippen molar-refractivity contribution in [3.8, 4) is 0 Å². The van der Waals surface area contributed by atoms with Crippen molar-refractivity contribution in [2.45, 2.75) is 19.8 Å². The SMILES string of the molecule is CC1CC=CCC1COCCl. The molecular formula is C9H15ClO. The Bertz CT molecular complexity index is 134. The van der Waals surface area contributed by atoms with Crippen LogP contribution in [0.1, 0.15) is 19.8 Å². The molecule has 1 aliphatic carbocycles. The van der Waals surface area contributed by atoms with Crippen LogP contribution >= 0.6 is 11.6 Å². The largest absolute Gasteiger partial charge is 0.365 e. The van der Waals surface area contributed by atoms with E-state index < -0.39 is 0 Å². The van der Waals surface area contributed by atoms with Gasteiger partial charge in [0.05, 0.1) is 6.61 Å². The van der Waals surface area contributed by atoms with Crippen molar-refractivity contribution in [1.82, 2.24) is 0 Å². The van der Waals surface area contributed by atoms with Gasteiger partial charge >= 0.3 is 0 Å². The van der Waals surface area contributed by atoms with Crippen LogP contribution in [-0.4, -0.2) is 12.7 Å². The Labute approximate surface area is 73.4 Å². The fraction of sp³-hybridized carbons (Fsp3) is 0.778. The van der Waals surface area contributed by atoms with Gasteiger partial charge in [-0.3, -0.25) is 0 Å². The second-order valence-corrected chi connectivity index (χ2v) is 3.38. The first-order chi connectivity index (χ1) is 5.34. The summed E-state index contributed by atoms with van der Waals surface area (Å²) in [5, 5.41) is 0. The van der Waals surface area contributed by atoms with E-state index in [0.717, 1.165) is 18.9 Å². The lowest BCUT2D eigenvalue weighted by atomic mass is 9.85. The van der Waals surface area contributed by atoms with Crippen LogP contribution in [0.5, 0.6) is 0 Å². The van der Waals surface area contributed by atoms with Gasteiger partial charge in [0.15, 0.2) is 0 Å². The Morgan fingerprint density at radius 1 is 1.45 bits per heavy atom. The molecule has 1 rings (SSSR count). The molecule has 2 unspecified atom stereocenters. The highest BCUT2D eigenvalue weighted by atomic mass is 35.5. The molecule has 0 bridgehead atoms. The fourth-order valence-electron chi connectivity index (χ4n) is 1.43. The van der Waals surface area contributed by atoms with Gasteiger partial charge in [0.25, 0.3) is 0 Å². The second-order valence-electron chi connectivity index (χ2n) is 3.16. The van der Waals surface area contributed by atoms with Crippen molar-refractivity contribution < 1.29 is 4.74 Å². The molecule has 2 heteroatoms. The lowest BCUT2D eigenvalue weighted by molar-refractivity contribution is 0.110. The monoisotopic (exact) mass is 174 g/mol. The quantitative estimate of drug-likeness (QED) is 0.472. The summed E-state index contributed by atoms with van der Waals surface area (Å²) in [5.74, 6) is 1.43. The Morgan fingerprint density at radius 3 is 2.82 bits per heavy atom. The standard InChI is InChI=1S/C9H15ClO/c1-8-4-2-3-5-9(8)6-11-7-10/h2-3,8-9H,4-7H2,1H3. The zero-order valence-electron chi connectivity index (χ0n) is 6.92. The van der Waals surface area contributed by atoms with Gasteiger partial charge < -0.3 is 4.74 Å². The predicted octanol–water partition coefficient (Wildman–Crippen LogP) is 2.80. The van der Waals surface area contributed by atoms with E-state index in [0.29, 0.717) is 12.0 Å². The van der Waals surface area contributed by atoms with Crippen LogP contribution in [0, 0.1) is 11.8 Å². The zero-order valence-corrected chi connectivity index (χ0v) is 7.68. The lowest BCUT2D eigenvalue weighted by Crippen LogP contribution is -2.19. The van der Waals surface area contributed by atoms with E-state index in [1.54, 1.807) is 0 Å². The van der Waals surface area contributed by atoms with Gasteiger partial charge in [0, 0.05) is 0 Å². The van der Waals surface area contributed by atoms with Crippen molar-refractivity contribution in [2.24, 2.45) is 11.8 Å². The van der Waals surface area contributed by atoms with E-state index in [4.69, 9.17) is 16.3 Å². The van der Waals surface area contributed by atoms with Crippen molar-refractivity contribution in [1.29, 1.82) is 0 Å². The van der Waals surface area contributed by atoms with Crippen molar-refractivity contribution in [2.75, 3.05) is 12.7 Å². The first kappa shape index (κ1) is 9.08. The molecule has 0 saturated heterocycles. The lowest BCUT2D eigenvalue weighted by Gasteiger charge is -2.24. The molecule has 0 spiro atoms. The summed E-state index contributed by atoms with van der Waals surface area (Å²) >= 11 is 5.43. The number of hydrogen-bond acceptors (Lipinski definition) is 1. The summed E-state index contributed by atoms with van der Waals surface area (Å²) in [4.78, 5) is 0. The van der Waals surface area contributed by atoms with Crippen LogP contribution in [0.15, 0.2) is 12.2 Å². The van der Waals surface area contributed by atoms with Gasteiger partial charge in [-0.1, -0.05) is 30.7 Å². The molecule has 0 heterocycles. The molecule has 0 amide bonds. The normalized spacial score (nSPS) is 30.7. The van der Waals surface area contributed by atoms with Crippen molar-refractivity contribution in [3.63, 3.8) is 0 Å². The van der Waals surface area contributed by atoms with Crippen LogP contribution in [0.4, 0.5) is 0 Å². The third-order valence-corrected chi connectivity index (χ3v) is 2.48. The summed E-state index contributed by atoms with van der Waals surface area (Å²) in [6.07, 6.45) is 6.83. The van der Waals surface area contributed by atoms with Crippen molar-refractivity contribution >= 4 is 11.6 Å². The summed E-state index contributed by atoms with van der Waals surface area (Å²) in [6, 6.07) is 0.326. The highest BCUT2D eigenvalue weighted by Crippen LogP contribution is 2.24. The Morgan fingerprint density at radius 2 is 2.18 bits per heavy atom. The van der Waals surface area contributed by atoms with E-state index in [1.807, 2.05) is 0 Å². The van der Waals surface area contributed by atoms with Gasteiger partial charge in [-0.05, 0) is 24.7 Å². The van der Waals surface area contributed by atoms with Crippen LogP contribution in [0.25, 0.3) is 0 Å². The number of allylic oxidation sites excluding steroid dienone is 2. The number of alkyl halides is 1. The average Bonchev–Trinajstić information content (AvgIpc) is 2.03. The molecule has 64 valence electrons. The van der Waals surface area contributed by atoms with Gasteiger partial charge in [-0.25, -0.2) is 0 Å². The maximum Gasteiger partial charge on any atom is 0.120 e. The van der Waals surface area contributed by atoms with E-state index >= 15 is 0 Å². The third-order valence-electron chi connectivity index (χ3n) is 2.33. The van der Waals surface area contributed by atoms with Gasteiger partial charge in [-0.2, -0.15) is 0 Å². The molecule has 0 aliphatic heterocycles. The van der Waals surface area contributed by atoms with Gasteiger partial charge in [0.1, 0.15) is 6.07 Å². The Balaban J connectivity index is 2.26. The molecule has 2 atom stereocenters. The first-order valence-electron chi connectivity index (χ1n) is 4.13. The molecule has 0 aromatic heterocycles. The van der Waals surface area contributed by atoms with Crippen LogP contribution < -0.4 is 0 Å². The van der Waals surface area contributed by atoms with Gasteiger partial charge in [0.2, 0.25) is 0 Å². The zero-order chi connectivity index (χ0) is 8.10. The second kappa shape index (κ2) is 4.78. The molecule has 0 saturated carbocycles. The molecule has 1 nitrogen and oxygen atoms in total. The summed E-state index contributed by atoms with van der Waals surface area (Å²) < 4.78 is 5.17.